The van der Waals surface area contributed by atoms with Gasteiger partial charge in [-0.05, 0) is 38.1 Å². The molecule has 0 fully saturated rings. The Morgan fingerprint density at radius 3 is 2.50 bits per heavy atom. The third-order valence-corrected chi connectivity index (χ3v) is 5.56. The van der Waals surface area contributed by atoms with Crippen LogP contribution >= 0.6 is 11.3 Å². The molecule has 0 bridgehead atoms. The highest BCUT2D eigenvalue weighted by atomic mass is 32.1. The van der Waals surface area contributed by atoms with Gasteiger partial charge in [-0.1, -0.05) is 48.5 Å². The standard InChI is InChI=1S/C23H19N3OS/c1-15-12-13-22(28-15)16(2)25-26-23(27)19-14-21(17-8-4-3-5-9-17)24-20-11-7-6-10-18(19)20/h3-14H,1-2H3,(H,26,27)/b25-16+. The van der Waals surface area contributed by atoms with Gasteiger partial charge in [0.15, 0.2) is 0 Å². The second kappa shape index (κ2) is 7.74. The SMILES string of the molecule is C/C(=N\NC(=O)c1cc(-c2ccccc2)nc2ccccc12)c1ccc(C)s1. The van der Waals surface area contributed by atoms with Crippen molar-refractivity contribution in [3.05, 3.63) is 88.1 Å². The van der Waals surface area contributed by atoms with Crippen LogP contribution in [-0.2, 0) is 0 Å². The van der Waals surface area contributed by atoms with Gasteiger partial charge in [0.05, 0.1) is 27.4 Å². The van der Waals surface area contributed by atoms with E-state index < -0.39 is 0 Å². The van der Waals surface area contributed by atoms with Crippen molar-refractivity contribution in [1.29, 1.82) is 0 Å². The number of fused-ring (bicyclic) bond motifs is 1. The number of rotatable bonds is 4. The molecule has 0 aliphatic rings. The van der Waals surface area contributed by atoms with Gasteiger partial charge in [0.2, 0.25) is 0 Å². The lowest BCUT2D eigenvalue weighted by Gasteiger charge is -2.09. The number of amides is 1. The summed E-state index contributed by atoms with van der Waals surface area (Å²) in [5.41, 5.74) is 6.56. The zero-order valence-corrected chi connectivity index (χ0v) is 16.5. The summed E-state index contributed by atoms with van der Waals surface area (Å²) in [4.78, 5) is 19.9. The van der Waals surface area contributed by atoms with Crippen molar-refractivity contribution in [1.82, 2.24) is 10.4 Å². The second-order valence-corrected chi connectivity index (χ2v) is 7.77. The molecule has 4 rings (SSSR count). The van der Waals surface area contributed by atoms with Crippen molar-refractivity contribution >= 4 is 33.9 Å². The Morgan fingerprint density at radius 1 is 1.00 bits per heavy atom. The Bertz CT molecular complexity index is 1180. The summed E-state index contributed by atoms with van der Waals surface area (Å²) in [5.74, 6) is -0.247. The number of nitrogens with zero attached hydrogens (tertiary/aromatic N) is 2. The molecule has 2 heterocycles. The smallest absolute Gasteiger partial charge is 0.267 e. The van der Waals surface area contributed by atoms with E-state index in [9.17, 15) is 4.79 Å². The average Bonchev–Trinajstić information content (AvgIpc) is 3.18. The van der Waals surface area contributed by atoms with Crippen LogP contribution in [0.25, 0.3) is 22.2 Å². The van der Waals surface area contributed by atoms with Gasteiger partial charge in [-0.2, -0.15) is 5.10 Å². The largest absolute Gasteiger partial charge is 0.272 e. The molecule has 0 aliphatic heterocycles. The minimum Gasteiger partial charge on any atom is -0.267 e. The third-order valence-electron chi connectivity index (χ3n) is 4.45. The van der Waals surface area contributed by atoms with E-state index in [-0.39, 0.29) is 5.91 Å². The predicted molar refractivity (Wildman–Crippen MR) is 116 cm³/mol. The molecule has 138 valence electrons. The Labute approximate surface area is 167 Å². The lowest BCUT2D eigenvalue weighted by atomic mass is 10.0. The first kappa shape index (κ1) is 18.1. The summed E-state index contributed by atoms with van der Waals surface area (Å²) in [6.45, 7) is 3.94. The van der Waals surface area contributed by atoms with Gasteiger partial charge in [-0.15, -0.1) is 11.3 Å². The van der Waals surface area contributed by atoms with Crippen LogP contribution in [0.5, 0.6) is 0 Å². The van der Waals surface area contributed by atoms with E-state index in [0.29, 0.717) is 5.56 Å². The van der Waals surface area contributed by atoms with Crippen LogP contribution in [0.2, 0.25) is 0 Å². The van der Waals surface area contributed by atoms with Crippen LogP contribution in [-0.4, -0.2) is 16.6 Å². The van der Waals surface area contributed by atoms with Gasteiger partial charge in [0, 0.05) is 15.8 Å². The van der Waals surface area contributed by atoms with Gasteiger partial charge in [-0.25, -0.2) is 10.4 Å². The molecule has 28 heavy (non-hydrogen) atoms. The first-order valence-corrected chi connectivity index (χ1v) is 9.80. The predicted octanol–water partition coefficient (Wildman–Crippen LogP) is 5.43. The van der Waals surface area contributed by atoms with E-state index in [2.05, 4.69) is 10.5 Å². The van der Waals surface area contributed by atoms with Gasteiger partial charge in [-0.3, -0.25) is 4.79 Å². The number of pyridine rings is 1. The van der Waals surface area contributed by atoms with Crippen molar-refractivity contribution in [2.24, 2.45) is 5.10 Å². The number of para-hydroxylation sites is 1. The highest BCUT2D eigenvalue weighted by Crippen LogP contribution is 2.25. The van der Waals surface area contributed by atoms with Crippen LogP contribution in [0.3, 0.4) is 0 Å². The molecule has 0 spiro atoms. The minimum atomic E-state index is -0.247. The summed E-state index contributed by atoms with van der Waals surface area (Å²) < 4.78 is 0. The zero-order chi connectivity index (χ0) is 19.5. The fraction of sp³-hybridized carbons (Fsp3) is 0.0870. The first-order chi connectivity index (χ1) is 13.6. The lowest BCUT2D eigenvalue weighted by molar-refractivity contribution is 0.0956. The van der Waals surface area contributed by atoms with Gasteiger partial charge < -0.3 is 0 Å². The number of nitrogens with one attached hydrogen (secondary N) is 1. The van der Waals surface area contributed by atoms with E-state index in [1.54, 1.807) is 11.3 Å². The number of carbonyl (C=O) groups is 1. The third kappa shape index (κ3) is 3.70. The van der Waals surface area contributed by atoms with Crippen molar-refractivity contribution in [3.63, 3.8) is 0 Å². The van der Waals surface area contributed by atoms with Crippen molar-refractivity contribution in [3.8, 4) is 11.3 Å². The molecule has 0 unspecified atom stereocenters. The number of hydrogen-bond acceptors (Lipinski definition) is 4. The molecule has 5 heteroatoms. The molecule has 0 atom stereocenters. The number of hydrazone groups is 1. The quantitative estimate of drug-likeness (QED) is 0.376. The van der Waals surface area contributed by atoms with Crippen LogP contribution in [0.15, 0.2) is 77.9 Å². The first-order valence-electron chi connectivity index (χ1n) is 8.98. The second-order valence-electron chi connectivity index (χ2n) is 6.49. The number of carbonyl (C=O) groups excluding carboxylic acids is 1. The summed E-state index contributed by atoms with van der Waals surface area (Å²) in [5, 5.41) is 5.11. The van der Waals surface area contributed by atoms with Crippen molar-refractivity contribution < 1.29 is 4.79 Å². The van der Waals surface area contributed by atoms with Gasteiger partial charge >= 0.3 is 0 Å². The average molecular weight is 385 g/mol. The van der Waals surface area contributed by atoms with E-state index in [0.717, 1.165) is 32.7 Å². The molecular weight excluding hydrogens is 366 g/mol. The highest BCUT2D eigenvalue weighted by Gasteiger charge is 2.14. The summed E-state index contributed by atoms with van der Waals surface area (Å²) in [7, 11) is 0. The molecule has 4 nitrogen and oxygen atoms in total. The van der Waals surface area contributed by atoms with Crippen molar-refractivity contribution in [2.75, 3.05) is 0 Å². The van der Waals surface area contributed by atoms with Crippen molar-refractivity contribution in [2.45, 2.75) is 13.8 Å². The van der Waals surface area contributed by atoms with Crippen LogP contribution in [0.1, 0.15) is 27.0 Å². The molecule has 0 radical (unpaired) electrons. The van der Waals surface area contributed by atoms with E-state index in [4.69, 9.17) is 4.98 Å². The zero-order valence-electron chi connectivity index (χ0n) is 15.6. The Morgan fingerprint density at radius 2 is 1.75 bits per heavy atom. The maximum Gasteiger partial charge on any atom is 0.272 e. The maximum absolute atomic E-state index is 12.9. The molecule has 4 aromatic rings. The lowest BCUT2D eigenvalue weighted by Crippen LogP contribution is -2.19. The molecule has 2 aromatic carbocycles. The molecule has 1 amide bonds. The minimum absolute atomic E-state index is 0.247. The van der Waals surface area contributed by atoms with Gasteiger partial charge in [0.1, 0.15) is 0 Å². The van der Waals surface area contributed by atoms with Crippen LogP contribution < -0.4 is 5.43 Å². The summed E-state index contributed by atoms with van der Waals surface area (Å²) in [6, 6.07) is 23.4. The Balaban J connectivity index is 1.71. The normalized spacial score (nSPS) is 11.6. The summed E-state index contributed by atoms with van der Waals surface area (Å²) >= 11 is 1.65. The van der Waals surface area contributed by atoms with E-state index in [1.807, 2.05) is 86.6 Å². The Kier molecular flexibility index (Phi) is 5.00. The molecule has 0 saturated heterocycles. The number of thiophene rings is 1. The molecule has 0 saturated carbocycles. The number of hydrogen-bond donors (Lipinski definition) is 1. The highest BCUT2D eigenvalue weighted by molar-refractivity contribution is 7.14. The monoisotopic (exact) mass is 385 g/mol. The van der Waals surface area contributed by atoms with Crippen LogP contribution in [0.4, 0.5) is 0 Å². The van der Waals surface area contributed by atoms with Gasteiger partial charge in [0.25, 0.3) is 5.91 Å². The summed E-state index contributed by atoms with van der Waals surface area (Å²) in [6.07, 6.45) is 0. The molecule has 2 aromatic heterocycles. The van der Waals surface area contributed by atoms with E-state index in [1.165, 1.54) is 4.88 Å². The topological polar surface area (TPSA) is 54.4 Å². The maximum atomic E-state index is 12.9. The molecular formula is C23H19N3OS. The Hall–Kier alpha value is -3.31. The number of aryl methyl sites for hydroxylation is 1. The fourth-order valence-corrected chi connectivity index (χ4v) is 3.81. The van der Waals surface area contributed by atoms with Crippen LogP contribution in [0, 0.1) is 6.92 Å². The molecule has 0 aliphatic carbocycles. The molecule has 1 N–H and O–H groups in total. The number of benzene rings is 2. The van der Waals surface area contributed by atoms with E-state index >= 15 is 0 Å². The fourth-order valence-electron chi connectivity index (χ4n) is 3.00. The number of aromatic nitrogens is 1.